The van der Waals surface area contributed by atoms with Crippen LogP contribution in [0.2, 0.25) is 0 Å². The Bertz CT molecular complexity index is 715. The molecule has 0 unspecified atom stereocenters. The van der Waals surface area contributed by atoms with Crippen molar-refractivity contribution in [2.75, 3.05) is 12.3 Å². The highest BCUT2D eigenvalue weighted by molar-refractivity contribution is 7.99. The first-order valence-corrected chi connectivity index (χ1v) is 7.42. The number of carboxylic acid groups (broad SMARTS) is 1. The van der Waals surface area contributed by atoms with Gasteiger partial charge in [0.05, 0.1) is 17.7 Å². The summed E-state index contributed by atoms with van der Waals surface area (Å²) in [4.78, 5) is 24.7. The molecule has 114 valence electrons. The van der Waals surface area contributed by atoms with Crippen LogP contribution in [0, 0.1) is 0 Å². The second kappa shape index (κ2) is 7.00. The van der Waals surface area contributed by atoms with Crippen LogP contribution in [0.1, 0.15) is 27.6 Å². The molecule has 5 nitrogen and oxygen atoms in total. The van der Waals surface area contributed by atoms with Crippen molar-refractivity contribution in [3.8, 4) is 0 Å². The van der Waals surface area contributed by atoms with E-state index >= 15 is 0 Å². The molecule has 0 amide bonds. The van der Waals surface area contributed by atoms with Crippen LogP contribution in [0.3, 0.4) is 0 Å². The number of aromatic carboxylic acids is 1. The largest absolute Gasteiger partial charge is 0.478 e. The van der Waals surface area contributed by atoms with Gasteiger partial charge in [0.25, 0.3) is 0 Å². The molecule has 0 aliphatic carbocycles. The molecule has 0 aliphatic heterocycles. The second-order valence-corrected chi connectivity index (χ2v) is 5.43. The molecule has 0 radical (unpaired) electrons. The van der Waals surface area contributed by atoms with Gasteiger partial charge < -0.3 is 15.6 Å². The minimum absolute atomic E-state index is 0.0360. The average molecular weight is 317 g/mol. The highest BCUT2D eigenvalue weighted by Gasteiger charge is 2.22. The van der Waals surface area contributed by atoms with Crippen LogP contribution in [-0.2, 0) is 4.74 Å². The van der Waals surface area contributed by atoms with Crippen LogP contribution >= 0.6 is 11.8 Å². The first kappa shape index (κ1) is 15.9. The predicted molar refractivity (Wildman–Crippen MR) is 84.3 cm³/mol. The first-order chi connectivity index (χ1) is 10.5. The van der Waals surface area contributed by atoms with E-state index in [1.165, 1.54) is 17.8 Å². The number of benzene rings is 2. The van der Waals surface area contributed by atoms with Crippen molar-refractivity contribution in [1.29, 1.82) is 0 Å². The summed E-state index contributed by atoms with van der Waals surface area (Å²) in [5.41, 5.74) is 6.39. The molecule has 0 saturated carbocycles. The summed E-state index contributed by atoms with van der Waals surface area (Å²) in [6.07, 6.45) is 0. The third-order valence-corrected chi connectivity index (χ3v) is 4.03. The molecule has 3 N–H and O–H groups in total. The predicted octanol–water partition coefficient (Wildman–Crippen LogP) is 3.29. The van der Waals surface area contributed by atoms with Crippen molar-refractivity contribution < 1.29 is 19.4 Å². The van der Waals surface area contributed by atoms with E-state index in [1.54, 1.807) is 37.3 Å². The highest BCUT2D eigenvalue weighted by atomic mass is 32.2. The van der Waals surface area contributed by atoms with Gasteiger partial charge >= 0.3 is 11.9 Å². The smallest absolute Gasteiger partial charge is 0.339 e. The Hall–Kier alpha value is -2.47. The molecule has 22 heavy (non-hydrogen) atoms. The van der Waals surface area contributed by atoms with Gasteiger partial charge in [0, 0.05) is 15.5 Å². The van der Waals surface area contributed by atoms with Gasteiger partial charge in [0.15, 0.2) is 0 Å². The molecule has 0 aliphatic rings. The van der Waals surface area contributed by atoms with Crippen LogP contribution in [0.15, 0.2) is 52.3 Å². The van der Waals surface area contributed by atoms with Crippen molar-refractivity contribution in [2.24, 2.45) is 0 Å². The number of rotatable bonds is 5. The number of hydrogen-bond acceptors (Lipinski definition) is 5. The summed E-state index contributed by atoms with van der Waals surface area (Å²) in [6.45, 7) is 1.85. The zero-order chi connectivity index (χ0) is 16.1. The van der Waals surface area contributed by atoms with Crippen LogP contribution in [0.5, 0.6) is 0 Å². The fraction of sp³-hybridized carbons (Fsp3) is 0.125. The molecular weight excluding hydrogens is 302 g/mol. The van der Waals surface area contributed by atoms with Crippen molar-refractivity contribution in [3.05, 3.63) is 53.6 Å². The third kappa shape index (κ3) is 3.40. The lowest BCUT2D eigenvalue weighted by Gasteiger charge is -2.11. The fourth-order valence-electron chi connectivity index (χ4n) is 1.91. The van der Waals surface area contributed by atoms with E-state index in [2.05, 4.69) is 0 Å². The van der Waals surface area contributed by atoms with Crippen LogP contribution < -0.4 is 5.73 Å². The molecule has 0 fully saturated rings. The van der Waals surface area contributed by atoms with Crippen molar-refractivity contribution >= 4 is 29.4 Å². The molecule has 2 rings (SSSR count). The van der Waals surface area contributed by atoms with E-state index in [-0.39, 0.29) is 17.7 Å². The molecule has 0 atom stereocenters. The number of nitrogen functional groups attached to an aromatic ring is 1. The van der Waals surface area contributed by atoms with Crippen LogP contribution in [0.25, 0.3) is 0 Å². The Morgan fingerprint density at radius 1 is 1.14 bits per heavy atom. The summed E-state index contributed by atoms with van der Waals surface area (Å²) < 4.78 is 4.91. The zero-order valence-electron chi connectivity index (χ0n) is 11.9. The number of para-hydroxylation sites is 1. The summed E-state index contributed by atoms with van der Waals surface area (Å²) >= 11 is 1.21. The molecule has 2 aromatic carbocycles. The van der Waals surface area contributed by atoms with Crippen molar-refractivity contribution in [3.63, 3.8) is 0 Å². The Kier molecular flexibility index (Phi) is 5.06. The summed E-state index contributed by atoms with van der Waals surface area (Å²) in [5, 5.41) is 9.46. The molecule has 6 heteroatoms. The first-order valence-electron chi connectivity index (χ1n) is 6.60. The number of carbonyl (C=O) groups excluding carboxylic acids is 1. The second-order valence-electron chi connectivity index (χ2n) is 4.34. The van der Waals surface area contributed by atoms with Gasteiger partial charge in [-0.25, -0.2) is 9.59 Å². The lowest BCUT2D eigenvalue weighted by molar-refractivity contribution is 0.0513. The molecule has 0 heterocycles. The van der Waals surface area contributed by atoms with Gasteiger partial charge in [0.2, 0.25) is 0 Å². The highest BCUT2D eigenvalue weighted by Crippen LogP contribution is 2.35. The number of carbonyl (C=O) groups is 2. The maximum atomic E-state index is 11.9. The lowest BCUT2D eigenvalue weighted by Crippen LogP contribution is -2.12. The minimum Gasteiger partial charge on any atom is -0.478 e. The minimum atomic E-state index is -1.18. The van der Waals surface area contributed by atoms with Gasteiger partial charge in [0.1, 0.15) is 0 Å². The zero-order valence-corrected chi connectivity index (χ0v) is 12.7. The average Bonchev–Trinajstić information content (AvgIpc) is 2.49. The van der Waals surface area contributed by atoms with Crippen LogP contribution in [0.4, 0.5) is 5.69 Å². The summed E-state index contributed by atoms with van der Waals surface area (Å²) in [5.74, 6) is -1.83. The van der Waals surface area contributed by atoms with Gasteiger partial charge in [-0.2, -0.15) is 0 Å². The van der Waals surface area contributed by atoms with E-state index in [1.807, 2.05) is 6.07 Å². The molecule has 0 saturated heterocycles. The van der Waals surface area contributed by atoms with E-state index in [9.17, 15) is 14.7 Å². The van der Waals surface area contributed by atoms with E-state index in [0.717, 1.165) is 4.90 Å². The number of hydrogen-bond donors (Lipinski definition) is 2. The van der Waals surface area contributed by atoms with Gasteiger partial charge in [-0.1, -0.05) is 30.0 Å². The van der Waals surface area contributed by atoms with Crippen LogP contribution in [-0.4, -0.2) is 23.7 Å². The maximum absolute atomic E-state index is 11.9. The Morgan fingerprint density at radius 3 is 2.45 bits per heavy atom. The number of carboxylic acids is 1. The topological polar surface area (TPSA) is 89.6 Å². The lowest BCUT2D eigenvalue weighted by atomic mass is 10.1. The normalized spacial score (nSPS) is 10.2. The third-order valence-electron chi connectivity index (χ3n) is 2.87. The summed E-state index contributed by atoms with van der Waals surface area (Å²) in [7, 11) is 0. The Balaban J connectivity index is 2.48. The monoisotopic (exact) mass is 317 g/mol. The molecular formula is C16H15NO4S. The molecule has 0 bridgehead atoms. The molecule has 0 spiro atoms. The number of nitrogens with two attached hydrogens (primary N) is 1. The van der Waals surface area contributed by atoms with Crippen molar-refractivity contribution in [1.82, 2.24) is 0 Å². The summed E-state index contributed by atoms with van der Waals surface area (Å²) in [6, 6.07) is 11.9. The quantitative estimate of drug-likeness (QED) is 0.649. The molecule has 2 aromatic rings. The van der Waals surface area contributed by atoms with E-state index in [0.29, 0.717) is 10.6 Å². The van der Waals surface area contributed by atoms with E-state index < -0.39 is 11.9 Å². The number of anilines is 1. The Labute approximate surface area is 132 Å². The van der Waals surface area contributed by atoms with E-state index in [4.69, 9.17) is 10.5 Å². The number of esters is 1. The Morgan fingerprint density at radius 2 is 1.82 bits per heavy atom. The molecule has 0 aromatic heterocycles. The maximum Gasteiger partial charge on any atom is 0.339 e. The number of ether oxygens (including phenoxy) is 1. The van der Waals surface area contributed by atoms with Gasteiger partial charge in [-0.3, -0.25) is 0 Å². The standard InChI is InChI=1S/C16H15NO4S/c1-2-21-16(20)10-6-5-9-13(14(10)15(18)19)22-12-8-4-3-7-11(12)17/h3-9H,2,17H2,1H3,(H,18,19). The van der Waals surface area contributed by atoms with Crippen molar-refractivity contribution in [2.45, 2.75) is 16.7 Å². The van der Waals surface area contributed by atoms with Gasteiger partial charge in [-0.05, 0) is 31.2 Å². The van der Waals surface area contributed by atoms with Gasteiger partial charge in [-0.15, -0.1) is 0 Å². The fourth-order valence-corrected chi connectivity index (χ4v) is 2.92. The SMILES string of the molecule is CCOC(=O)c1cccc(Sc2ccccc2N)c1C(=O)O.